The lowest BCUT2D eigenvalue weighted by Crippen LogP contribution is -2.40. The Balaban J connectivity index is 1.69. The zero-order valence-corrected chi connectivity index (χ0v) is 15.2. The smallest absolute Gasteiger partial charge is 0.308 e. The highest BCUT2D eigenvalue weighted by atomic mass is 19.1. The lowest BCUT2D eigenvalue weighted by Gasteiger charge is -2.17. The summed E-state index contributed by atoms with van der Waals surface area (Å²) in [6, 6.07) is 4.48. The number of aryl methyl sites for hydroxylation is 1. The highest BCUT2D eigenvalue weighted by molar-refractivity contribution is 5.95. The Labute approximate surface area is 156 Å². The van der Waals surface area contributed by atoms with E-state index in [2.05, 4.69) is 10.4 Å². The van der Waals surface area contributed by atoms with Crippen LogP contribution in [0.4, 0.5) is 4.39 Å². The van der Waals surface area contributed by atoms with E-state index in [-0.39, 0.29) is 17.8 Å². The predicted molar refractivity (Wildman–Crippen MR) is 96.5 cm³/mol. The van der Waals surface area contributed by atoms with Gasteiger partial charge in [-0.05, 0) is 50.7 Å². The summed E-state index contributed by atoms with van der Waals surface area (Å²) >= 11 is 0. The molecule has 1 amide bonds. The van der Waals surface area contributed by atoms with Gasteiger partial charge in [0.2, 0.25) is 0 Å². The Morgan fingerprint density at radius 3 is 2.81 bits per heavy atom. The van der Waals surface area contributed by atoms with Gasteiger partial charge in [-0.15, -0.1) is 0 Å². The van der Waals surface area contributed by atoms with E-state index in [4.69, 9.17) is 0 Å². The Bertz CT molecular complexity index is 901. The zero-order valence-electron chi connectivity index (χ0n) is 15.2. The number of nitrogens with zero attached hydrogens (tertiary/aromatic N) is 2. The molecule has 1 heterocycles. The average Bonchev–Trinajstić information content (AvgIpc) is 3.31. The number of rotatable bonds is 4. The Kier molecular flexibility index (Phi) is 4.45. The highest BCUT2D eigenvalue weighted by Crippen LogP contribution is 2.31. The van der Waals surface area contributed by atoms with Gasteiger partial charge < -0.3 is 10.4 Å². The van der Waals surface area contributed by atoms with Gasteiger partial charge in [0.05, 0.1) is 5.92 Å². The molecule has 2 atom stereocenters. The van der Waals surface area contributed by atoms with Crippen molar-refractivity contribution in [3.05, 3.63) is 46.5 Å². The van der Waals surface area contributed by atoms with Gasteiger partial charge in [0.15, 0.2) is 5.69 Å². The quantitative estimate of drug-likeness (QED) is 0.866. The molecule has 4 rings (SSSR count). The van der Waals surface area contributed by atoms with Crippen molar-refractivity contribution < 1.29 is 19.1 Å². The summed E-state index contributed by atoms with van der Waals surface area (Å²) in [5.41, 5.74) is 3.13. The number of benzene rings is 1. The SMILES string of the molecule is Cc1cccc(F)c1-n1nc(C(=O)N[C@@H]2CCC[C@@H]2C(=O)O)c2c1CCC2. The molecule has 2 aromatic rings. The number of carboxylic acid groups (broad SMARTS) is 1. The number of fused-ring (bicyclic) bond motifs is 1. The zero-order chi connectivity index (χ0) is 19.1. The minimum atomic E-state index is -0.879. The molecule has 0 radical (unpaired) electrons. The highest BCUT2D eigenvalue weighted by Gasteiger charge is 2.36. The van der Waals surface area contributed by atoms with Crippen LogP contribution in [0.2, 0.25) is 0 Å². The molecule has 0 aliphatic heterocycles. The lowest BCUT2D eigenvalue weighted by molar-refractivity contribution is -0.142. The van der Waals surface area contributed by atoms with Crippen LogP contribution in [0.15, 0.2) is 18.2 Å². The van der Waals surface area contributed by atoms with Crippen molar-refractivity contribution in [3.8, 4) is 5.69 Å². The minimum Gasteiger partial charge on any atom is -0.481 e. The third kappa shape index (κ3) is 3.01. The molecule has 1 fully saturated rings. The van der Waals surface area contributed by atoms with Gasteiger partial charge in [-0.3, -0.25) is 9.59 Å². The lowest BCUT2D eigenvalue weighted by atomic mass is 10.0. The van der Waals surface area contributed by atoms with Crippen LogP contribution in [0.5, 0.6) is 0 Å². The number of hydrogen-bond donors (Lipinski definition) is 2. The van der Waals surface area contributed by atoms with Crippen molar-refractivity contribution in [2.75, 3.05) is 0 Å². The van der Waals surface area contributed by atoms with Gasteiger partial charge in [-0.25, -0.2) is 9.07 Å². The number of hydrogen-bond acceptors (Lipinski definition) is 3. The van der Waals surface area contributed by atoms with Crippen molar-refractivity contribution in [1.29, 1.82) is 0 Å². The summed E-state index contributed by atoms with van der Waals surface area (Å²) in [5, 5.41) is 16.6. The molecule has 0 bridgehead atoms. The summed E-state index contributed by atoms with van der Waals surface area (Å²) in [6.45, 7) is 1.82. The molecular weight excluding hydrogens is 349 g/mol. The second-order valence-electron chi connectivity index (χ2n) is 7.40. The molecule has 2 aliphatic rings. The van der Waals surface area contributed by atoms with Crippen LogP contribution in [-0.4, -0.2) is 32.8 Å². The molecule has 0 unspecified atom stereocenters. The Morgan fingerprint density at radius 2 is 2.07 bits per heavy atom. The van der Waals surface area contributed by atoms with E-state index >= 15 is 0 Å². The number of nitrogens with one attached hydrogen (secondary N) is 1. The van der Waals surface area contributed by atoms with E-state index in [0.717, 1.165) is 42.5 Å². The van der Waals surface area contributed by atoms with Crippen molar-refractivity contribution >= 4 is 11.9 Å². The Morgan fingerprint density at radius 1 is 1.26 bits per heavy atom. The first-order valence-corrected chi connectivity index (χ1v) is 9.37. The van der Waals surface area contributed by atoms with Crippen LogP contribution in [0.1, 0.15) is 53.0 Å². The first-order chi connectivity index (χ1) is 13.0. The van der Waals surface area contributed by atoms with Gasteiger partial charge in [-0.1, -0.05) is 18.6 Å². The van der Waals surface area contributed by atoms with Gasteiger partial charge in [0, 0.05) is 17.3 Å². The van der Waals surface area contributed by atoms with E-state index in [9.17, 15) is 19.1 Å². The van der Waals surface area contributed by atoms with E-state index in [1.807, 2.05) is 13.0 Å². The van der Waals surface area contributed by atoms with Crippen molar-refractivity contribution in [2.24, 2.45) is 5.92 Å². The normalized spacial score (nSPS) is 21.3. The number of carbonyl (C=O) groups excluding carboxylic acids is 1. The molecule has 1 saturated carbocycles. The molecular formula is C20H22FN3O3. The van der Waals surface area contributed by atoms with Crippen LogP contribution in [0, 0.1) is 18.7 Å². The number of carboxylic acids is 1. The second kappa shape index (κ2) is 6.79. The first kappa shape index (κ1) is 17.7. The number of amides is 1. The topological polar surface area (TPSA) is 84.2 Å². The molecule has 27 heavy (non-hydrogen) atoms. The predicted octanol–water partition coefficient (Wildman–Crippen LogP) is 2.79. The number of carbonyl (C=O) groups is 2. The molecule has 0 spiro atoms. The van der Waals surface area contributed by atoms with Crippen molar-refractivity contribution in [1.82, 2.24) is 15.1 Å². The fraction of sp³-hybridized carbons (Fsp3) is 0.450. The summed E-state index contributed by atoms with van der Waals surface area (Å²) in [5.74, 6) is -2.17. The fourth-order valence-electron chi connectivity index (χ4n) is 4.36. The number of halogens is 1. The van der Waals surface area contributed by atoms with Crippen LogP contribution >= 0.6 is 0 Å². The van der Waals surface area contributed by atoms with Crippen LogP contribution in [0.25, 0.3) is 5.69 Å². The third-order valence-corrected chi connectivity index (χ3v) is 5.70. The van der Waals surface area contributed by atoms with E-state index in [0.29, 0.717) is 24.2 Å². The van der Waals surface area contributed by atoms with Crippen molar-refractivity contribution in [3.63, 3.8) is 0 Å². The first-order valence-electron chi connectivity index (χ1n) is 9.37. The Hall–Kier alpha value is -2.70. The molecule has 142 valence electrons. The minimum absolute atomic E-state index is 0.293. The maximum Gasteiger partial charge on any atom is 0.308 e. The molecule has 6 nitrogen and oxygen atoms in total. The van der Waals surface area contributed by atoms with E-state index < -0.39 is 11.9 Å². The molecule has 2 N–H and O–H groups in total. The number of aliphatic carboxylic acids is 1. The number of aromatic nitrogens is 2. The average molecular weight is 371 g/mol. The van der Waals surface area contributed by atoms with E-state index in [1.54, 1.807) is 10.7 Å². The standard InChI is InChI=1S/C20H22FN3O3/c1-11-5-2-8-14(21)18(11)24-16-10-4-7-13(16)17(23-24)19(25)22-15-9-3-6-12(15)20(26)27/h2,5,8,12,15H,3-4,6-7,9-10H2,1H3,(H,22,25)(H,26,27)/t12-,15+/m0/s1. The third-order valence-electron chi connectivity index (χ3n) is 5.70. The molecule has 2 aliphatic carbocycles. The summed E-state index contributed by atoms with van der Waals surface area (Å²) in [7, 11) is 0. The molecule has 7 heteroatoms. The molecule has 1 aromatic heterocycles. The maximum absolute atomic E-state index is 14.5. The van der Waals surface area contributed by atoms with Gasteiger partial charge in [0.25, 0.3) is 5.91 Å². The van der Waals surface area contributed by atoms with Crippen LogP contribution < -0.4 is 5.32 Å². The van der Waals surface area contributed by atoms with E-state index in [1.165, 1.54) is 6.07 Å². The number of para-hydroxylation sites is 1. The van der Waals surface area contributed by atoms with Gasteiger partial charge in [-0.2, -0.15) is 5.10 Å². The monoisotopic (exact) mass is 371 g/mol. The summed E-state index contributed by atoms with van der Waals surface area (Å²) in [4.78, 5) is 24.2. The van der Waals surface area contributed by atoms with Crippen LogP contribution in [0.3, 0.4) is 0 Å². The molecule has 0 saturated heterocycles. The van der Waals surface area contributed by atoms with Crippen LogP contribution in [-0.2, 0) is 17.6 Å². The van der Waals surface area contributed by atoms with Gasteiger partial charge in [0.1, 0.15) is 11.5 Å². The largest absolute Gasteiger partial charge is 0.481 e. The van der Waals surface area contributed by atoms with Gasteiger partial charge >= 0.3 is 5.97 Å². The molecule has 1 aromatic carbocycles. The summed E-state index contributed by atoms with van der Waals surface area (Å²) in [6.07, 6.45) is 4.35. The fourth-order valence-corrected chi connectivity index (χ4v) is 4.36. The summed E-state index contributed by atoms with van der Waals surface area (Å²) < 4.78 is 16.0. The maximum atomic E-state index is 14.5. The van der Waals surface area contributed by atoms with Crippen molar-refractivity contribution in [2.45, 2.75) is 51.5 Å². The second-order valence-corrected chi connectivity index (χ2v) is 7.40.